The summed E-state index contributed by atoms with van der Waals surface area (Å²) >= 11 is 0. The Morgan fingerprint density at radius 2 is 1.72 bits per heavy atom. The number of amides is 1. The van der Waals surface area contributed by atoms with Gasteiger partial charge in [0, 0.05) is 18.4 Å². The molecular weight excluding hydrogens is 310 g/mol. The molecule has 0 radical (unpaired) electrons. The first kappa shape index (κ1) is 18.3. The fraction of sp³-hybridized carbons (Fsp3) is 0.238. The lowest BCUT2D eigenvalue weighted by molar-refractivity contribution is -0.112. The molecule has 0 aliphatic rings. The minimum Gasteiger partial charge on any atom is -0.386 e. The lowest BCUT2D eigenvalue weighted by Crippen LogP contribution is -2.18. The molecule has 2 aromatic rings. The third-order valence-electron chi connectivity index (χ3n) is 4.08. The Balaban J connectivity index is 2.09. The second-order valence-electron chi connectivity index (χ2n) is 6.21. The second kappa shape index (κ2) is 8.16. The standard InChI is InChI=1S/C21H23N3O/c1-14-9-16(3)20(17(4)10-14)24-21(25)19(11-22)13-23-12-18-8-6-5-7-15(18)2/h5-10,13,23H,12H2,1-4H3,(H,24,25)/b19-13-. The van der Waals surface area contributed by atoms with E-state index in [2.05, 4.69) is 10.6 Å². The highest BCUT2D eigenvalue weighted by atomic mass is 16.1. The molecule has 0 saturated carbocycles. The molecule has 0 heterocycles. The van der Waals surface area contributed by atoms with Crippen LogP contribution in [0.4, 0.5) is 5.69 Å². The minimum absolute atomic E-state index is 0.0490. The molecule has 2 rings (SSSR count). The van der Waals surface area contributed by atoms with Gasteiger partial charge in [0.2, 0.25) is 0 Å². The second-order valence-corrected chi connectivity index (χ2v) is 6.21. The Hall–Kier alpha value is -3.06. The monoisotopic (exact) mass is 333 g/mol. The summed E-state index contributed by atoms with van der Waals surface area (Å²) in [5, 5.41) is 15.2. The summed E-state index contributed by atoms with van der Waals surface area (Å²) in [5.41, 5.74) is 6.21. The zero-order valence-electron chi connectivity index (χ0n) is 15.1. The molecule has 0 fully saturated rings. The van der Waals surface area contributed by atoms with Crippen LogP contribution in [0.5, 0.6) is 0 Å². The lowest BCUT2D eigenvalue weighted by Gasteiger charge is -2.12. The molecule has 0 unspecified atom stereocenters. The quantitative estimate of drug-likeness (QED) is 0.641. The predicted molar refractivity (Wildman–Crippen MR) is 101 cm³/mol. The molecule has 2 aromatic carbocycles. The summed E-state index contributed by atoms with van der Waals surface area (Å²) in [4.78, 5) is 12.4. The van der Waals surface area contributed by atoms with Crippen molar-refractivity contribution in [3.63, 3.8) is 0 Å². The van der Waals surface area contributed by atoms with Crippen molar-refractivity contribution in [1.82, 2.24) is 5.32 Å². The molecule has 4 nitrogen and oxygen atoms in total. The Labute approximate surface area is 149 Å². The summed E-state index contributed by atoms with van der Waals surface area (Å²) in [5.74, 6) is -0.408. The summed E-state index contributed by atoms with van der Waals surface area (Å²) in [6, 6.07) is 14.0. The SMILES string of the molecule is Cc1cc(C)c(NC(=O)/C(C#N)=C\NCc2ccccc2C)c(C)c1. The molecule has 2 N–H and O–H groups in total. The highest BCUT2D eigenvalue weighted by Crippen LogP contribution is 2.22. The number of rotatable bonds is 5. The molecule has 1 amide bonds. The first-order valence-electron chi connectivity index (χ1n) is 8.19. The number of hydrogen-bond acceptors (Lipinski definition) is 3. The third-order valence-corrected chi connectivity index (χ3v) is 4.08. The summed E-state index contributed by atoms with van der Waals surface area (Å²) < 4.78 is 0. The smallest absolute Gasteiger partial charge is 0.267 e. The van der Waals surface area contributed by atoms with Crippen molar-refractivity contribution >= 4 is 11.6 Å². The zero-order chi connectivity index (χ0) is 18.4. The van der Waals surface area contributed by atoms with Crippen molar-refractivity contribution in [3.05, 3.63) is 76.0 Å². The molecule has 0 saturated heterocycles. The molecular formula is C21H23N3O. The first-order valence-corrected chi connectivity index (χ1v) is 8.19. The van der Waals surface area contributed by atoms with E-state index in [9.17, 15) is 10.1 Å². The van der Waals surface area contributed by atoms with E-state index in [1.165, 1.54) is 6.20 Å². The van der Waals surface area contributed by atoms with E-state index in [0.29, 0.717) is 6.54 Å². The van der Waals surface area contributed by atoms with Gasteiger partial charge in [0.05, 0.1) is 0 Å². The van der Waals surface area contributed by atoms with Gasteiger partial charge in [-0.1, -0.05) is 42.0 Å². The highest BCUT2D eigenvalue weighted by Gasteiger charge is 2.12. The van der Waals surface area contributed by atoms with Crippen LogP contribution in [0.2, 0.25) is 0 Å². The molecule has 0 aliphatic heterocycles. The molecule has 25 heavy (non-hydrogen) atoms. The van der Waals surface area contributed by atoms with Gasteiger partial charge in [-0.2, -0.15) is 5.26 Å². The van der Waals surface area contributed by atoms with Gasteiger partial charge in [0.15, 0.2) is 0 Å². The average Bonchev–Trinajstić information content (AvgIpc) is 2.56. The van der Waals surface area contributed by atoms with Gasteiger partial charge in [-0.25, -0.2) is 0 Å². The minimum atomic E-state index is -0.408. The van der Waals surface area contributed by atoms with Crippen molar-refractivity contribution in [1.29, 1.82) is 5.26 Å². The molecule has 0 aliphatic carbocycles. The van der Waals surface area contributed by atoms with Crippen LogP contribution in [-0.4, -0.2) is 5.91 Å². The van der Waals surface area contributed by atoms with Gasteiger partial charge in [0.25, 0.3) is 5.91 Å². The van der Waals surface area contributed by atoms with Gasteiger partial charge in [-0.15, -0.1) is 0 Å². The molecule has 128 valence electrons. The van der Waals surface area contributed by atoms with Crippen molar-refractivity contribution in [2.45, 2.75) is 34.2 Å². The topological polar surface area (TPSA) is 64.9 Å². The molecule has 4 heteroatoms. The van der Waals surface area contributed by atoms with Crippen molar-refractivity contribution in [2.24, 2.45) is 0 Å². The van der Waals surface area contributed by atoms with Crippen molar-refractivity contribution < 1.29 is 4.79 Å². The Kier molecular flexibility index (Phi) is 5.97. The average molecular weight is 333 g/mol. The number of aryl methyl sites for hydroxylation is 4. The number of nitriles is 1. The summed E-state index contributed by atoms with van der Waals surface area (Å²) in [6.07, 6.45) is 1.47. The lowest BCUT2D eigenvalue weighted by atomic mass is 10.0. The van der Waals surface area contributed by atoms with Crippen LogP contribution in [0, 0.1) is 39.0 Å². The number of nitrogens with one attached hydrogen (secondary N) is 2. The van der Waals surface area contributed by atoms with E-state index in [1.54, 1.807) is 0 Å². The van der Waals surface area contributed by atoms with Crippen molar-refractivity contribution in [3.8, 4) is 6.07 Å². The third kappa shape index (κ3) is 4.71. The fourth-order valence-electron chi connectivity index (χ4n) is 2.78. The van der Waals surface area contributed by atoms with E-state index in [0.717, 1.165) is 33.5 Å². The number of carbonyl (C=O) groups is 1. The van der Waals surface area contributed by atoms with Gasteiger partial charge < -0.3 is 10.6 Å². The van der Waals surface area contributed by atoms with Crippen LogP contribution in [0.3, 0.4) is 0 Å². The zero-order valence-corrected chi connectivity index (χ0v) is 15.1. The van der Waals surface area contributed by atoms with E-state index in [-0.39, 0.29) is 5.57 Å². The Morgan fingerprint density at radius 3 is 2.32 bits per heavy atom. The van der Waals surface area contributed by atoms with E-state index < -0.39 is 5.91 Å². The molecule has 0 bridgehead atoms. The Morgan fingerprint density at radius 1 is 1.08 bits per heavy atom. The maximum Gasteiger partial charge on any atom is 0.267 e. The Bertz CT molecular complexity index is 837. The fourth-order valence-corrected chi connectivity index (χ4v) is 2.78. The van der Waals surface area contributed by atoms with Crippen LogP contribution in [0.15, 0.2) is 48.2 Å². The van der Waals surface area contributed by atoms with E-state index in [4.69, 9.17) is 0 Å². The van der Waals surface area contributed by atoms with Crippen LogP contribution in [-0.2, 0) is 11.3 Å². The normalized spacial score (nSPS) is 10.9. The largest absolute Gasteiger partial charge is 0.386 e. The first-order chi connectivity index (χ1) is 11.9. The van der Waals surface area contributed by atoms with Gasteiger partial charge in [-0.3, -0.25) is 4.79 Å². The molecule has 0 atom stereocenters. The summed E-state index contributed by atoms with van der Waals surface area (Å²) in [7, 11) is 0. The van der Waals surface area contributed by atoms with Crippen LogP contribution >= 0.6 is 0 Å². The maximum atomic E-state index is 12.4. The van der Waals surface area contributed by atoms with E-state index >= 15 is 0 Å². The molecule has 0 aromatic heterocycles. The van der Waals surface area contributed by atoms with Crippen LogP contribution < -0.4 is 10.6 Å². The summed E-state index contributed by atoms with van der Waals surface area (Å²) in [6.45, 7) is 8.50. The predicted octanol–water partition coefficient (Wildman–Crippen LogP) is 4.06. The maximum absolute atomic E-state index is 12.4. The number of carbonyl (C=O) groups excluding carboxylic acids is 1. The van der Waals surface area contributed by atoms with Gasteiger partial charge in [-0.05, 0) is 49.9 Å². The molecule has 0 spiro atoms. The number of anilines is 1. The van der Waals surface area contributed by atoms with Gasteiger partial charge in [0.1, 0.15) is 11.6 Å². The number of benzene rings is 2. The number of hydrogen-bond donors (Lipinski definition) is 2. The highest BCUT2D eigenvalue weighted by molar-refractivity contribution is 6.07. The van der Waals surface area contributed by atoms with Gasteiger partial charge >= 0.3 is 0 Å². The van der Waals surface area contributed by atoms with Crippen molar-refractivity contribution in [2.75, 3.05) is 5.32 Å². The number of nitrogens with zero attached hydrogens (tertiary/aromatic N) is 1. The van der Waals surface area contributed by atoms with Crippen LogP contribution in [0.25, 0.3) is 0 Å². The van der Waals surface area contributed by atoms with Crippen LogP contribution in [0.1, 0.15) is 27.8 Å². The van der Waals surface area contributed by atoms with E-state index in [1.807, 2.05) is 70.2 Å².